The standard InChI is InChI=1S/C28H38N4O3/c33-27(34)26(22-10-5-2-6-11-22)32-19-23(25(20-32)21-8-3-1-4-9-21)18-31-16-12-24(13-17-31)35-28-29-14-7-15-30-28/h1,3-4,7-9,14-15,22-26H,2,5-6,10-13,16-20H2,(H,33,34). The molecule has 188 valence electrons. The van der Waals surface area contributed by atoms with Crippen LogP contribution in [-0.4, -0.2) is 75.7 Å². The predicted octanol–water partition coefficient (Wildman–Crippen LogP) is 4.07. The summed E-state index contributed by atoms with van der Waals surface area (Å²) in [5.41, 5.74) is 1.34. The first-order valence-corrected chi connectivity index (χ1v) is 13.3. The number of ether oxygens (including phenoxy) is 1. The minimum Gasteiger partial charge on any atom is -0.480 e. The van der Waals surface area contributed by atoms with Crippen molar-refractivity contribution in [1.82, 2.24) is 19.8 Å². The highest BCUT2D eigenvalue weighted by Crippen LogP contribution is 2.38. The number of nitrogens with zero attached hydrogens (tertiary/aromatic N) is 4. The van der Waals surface area contributed by atoms with Crippen LogP contribution < -0.4 is 4.74 Å². The molecule has 0 spiro atoms. The van der Waals surface area contributed by atoms with Gasteiger partial charge in [0.25, 0.3) is 0 Å². The topological polar surface area (TPSA) is 78.8 Å². The Labute approximate surface area is 208 Å². The molecule has 2 aliphatic heterocycles. The molecular formula is C28H38N4O3. The van der Waals surface area contributed by atoms with Crippen molar-refractivity contribution in [2.75, 3.05) is 32.7 Å². The van der Waals surface area contributed by atoms with Gasteiger partial charge in [0, 0.05) is 51.0 Å². The van der Waals surface area contributed by atoms with Crippen LogP contribution in [0.5, 0.6) is 6.01 Å². The highest BCUT2D eigenvalue weighted by Gasteiger charge is 2.43. The van der Waals surface area contributed by atoms with Gasteiger partial charge in [-0.3, -0.25) is 9.69 Å². The van der Waals surface area contributed by atoms with E-state index < -0.39 is 5.97 Å². The molecule has 3 aliphatic rings. The van der Waals surface area contributed by atoms with Crippen LogP contribution in [0.4, 0.5) is 0 Å². The lowest BCUT2D eigenvalue weighted by molar-refractivity contribution is -0.145. The van der Waals surface area contributed by atoms with Crippen LogP contribution in [0, 0.1) is 11.8 Å². The number of carbonyl (C=O) groups is 1. The zero-order chi connectivity index (χ0) is 24.0. The Bertz CT molecular complexity index is 930. The van der Waals surface area contributed by atoms with Crippen LogP contribution in [0.3, 0.4) is 0 Å². The van der Waals surface area contributed by atoms with E-state index in [1.807, 2.05) is 0 Å². The number of likely N-dealkylation sites (tertiary alicyclic amines) is 2. The Hall–Kier alpha value is -2.51. The first-order chi connectivity index (χ1) is 17.2. The third-order valence-electron chi connectivity index (χ3n) is 8.28. The molecule has 1 saturated carbocycles. The van der Waals surface area contributed by atoms with E-state index in [-0.39, 0.29) is 18.1 Å². The highest BCUT2D eigenvalue weighted by atomic mass is 16.5. The van der Waals surface area contributed by atoms with E-state index in [4.69, 9.17) is 4.74 Å². The molecule has 1 aromatic carbocycles. The van der Waals surface area contributed by atoms with Crippen LogP contribution in [0.2, 0.25) is 0 Å². The number of carboxylic acids is 1. The number of piperidine rings is 1. The molecule has 7 nitrogen and oxygen atoms in total. The molecule has 7 heteroatoms. The minimum absolute atomic E-state index is 0.154. The van der Waals surface area contributed by atoms with E-state index >= 15 is 0 Å². The van der Waals surface area contributed by atoms with Gasteiger partial charge in [-0.15, -0.1) is 0 Å². The Kier molecular flexibility index (Phi) is 7.94. The second-order valence-electron chi connectivity index (χ2n) is 10.6. The second kappa shape index (κ2) is 11.5. The molecule has 3 unspecified atom stereocenters. The summed E-state index contributed by atoms with van der Waals surface area (Å²) in [6.07, 6.45) is 11.2. The molecule has 3 atom stereocenters. The number of carboxylic acid groups (broad SMARTS) is 1. The van der Waals surface area contributed by atoms with E-state index in [0.29, 0.717) is 17.8 Å². The Morgan fingerprint density at radius 2 is 1.69 bits per heavy atom. The van der Waals surface area contributed by atoms with Gasteiger partial charge in [0.1, 0.15) is 12.1 Å². The number of hydrogen-bond donors (Lipinski definition) is 1. The number of aliphatic carboxylic acids is 1. The third kappa shape index (κ3) is 6.01. The molecule has 0 bridgehead atoms. The van der Waals surface area contributed by atoms with E-state index in [2.05, 4.69) is 50.1 Å². The van der Waals surface area contributed by atoms with Crippen molar-refractivity contribution >= 4 is 5.97 Å². The molecule has 1 aliphatic carbocycles. The van der Waals surface area contributed by atoms with Crippen molar-refractivity contribution in [1.29, 1.82) is 0 Å². The Morgan fingerprint density at radius 1 is 0.971 bits per heavy atom. The molecular weight excluding hydrogens is 440 g/mol. The normalized spacial score (nSPS) is 25.9. The van der Waals surface area contributed by atoms with Gasteiger partial charge in [0.05, 0.1) is 0 Å². The molecule has 3 fully saturated rings. The SMILES string of the molecule is O=C(O)C(C1CCCCC1)N1CC(CN2CCC(Oc3ncccn3)CC2)C(c2ccccc2)C1. The first kappa shape index (κ1) is 24.2. The van der Waals surface area contributed by atoms with Crippen molar-refractivity contribution in [2.45, 2.75) is 63.0 Å². The molecule has 1 aromatic heterocycles. The number of aromatic nitrogens is 2. The van der Waals surface area contributed by atoms with E-state index in [9.17, 15) is 9.90 Å². The smallest absolute Gasteiger partial charge is 0.321 e. The van der Waals surface area contributed by atoms with E-state index in [1.54, 1.807) is 18.5 Å². The average Bonchev–Trinajstić information content (AvgIpc) is 3.30. The zero-order valence-electron chi connectivity index (χ0n) is 20.5. The van der Waals surface area contributed by atoms with Crippen LogP contribution in [0.25, 0.3) is 0 Å². The Morgan fingerprint density at radius 3 is 2.37 bits per heavy atom. The van der Waals surface area contributed by atoms with Gasteiger partial charge in [0.2, 0.25) is 0 Å². The summed E-state index contributed by atoms with van der Waals surface area (Å²) in [5.74, 6) is 0.445. The largest absolute Gasteiger partial charge is 0.480 e. The fraction of sp³-hybridized carbons (Fsp3) is 0.607. The summed E-state index contributed by atoms with van der Waals surface area (Å²) in [4.78, 5) is 25.7. The summed E-state index contributed by atoms with van der Waals surface area (Å²) in [5, 5.41) is 10.2. The molecule has 2 aromatic rings. The van der Waals surface area contributed by atoms with E-state index in [0.717, 1.165) is 58.4 Å². The van der Waals surface area contributed by atoms with Crippen molar-refractivity contribution in [3.05, 3.63) is 54.4 Å². The first-order valence-electron chi connectivity index (χ1n) is 13.3. The third-order valence-corrected chi connectivity index (χ3v) is 8.28. The number of benzene rings is 1. The van der Waals surface area contributed by atoms with Crippen molar-refractivity contribution in [3.8, 4) is 6.01 Å². The summed E-state index contributed by atoms with van der Waals surface area (Å²) >= 11 is 0. The van der Waals surface area contributed by atoms with Crippen molar-refractivity contribution < 1.29 is 14.6 Å². The molecule has 3 heterocycles. The van der Waals surface area contributed by atoms with Crippen molar-refractivity contribution in [2.24, 2.45) is 11.8 Å². The average molecular weight is 479 g/mol. The molecule has 35 heavy (non-hydrogen) atoms. The molecule has 0 amide bonds. The van der Waals surface area contributed by atoms with Gasteiger partial charge in [0.15, 0.2) is 0 Å². The fourth-order valence-electron chi connectivity index (χ4n) is 6.54. The lowest BCUT2D eigenvalue weighted by Crippen LogP contribution is -2.46. The van der Waals surface area contributed by atoms with Gasteiger partial charge in [-0.1, -0.05) is 49.6 Å². The van der Waals surface area contributed by atoms with Crippen LogP contribution in [0.1, 0.15) is 56.4 Å². The van der Waals surface area contributed by atoms with Gasteiger partial charge in [-0.2, -0.15) is 0 Å². The Balaban J connectivity index is 1.24. The van der Waals surface area contributed by atoms with Crippen LogP contribution in [0.15, 0.2) is 48.8 Å². The maximum Gasteiger partial charge on any atom is 0.321 e. The summed E-state index contributed by atoms with van der Waals surface area (Å²) in [6, 6.07) is 12.6. The van der Waals surface area contributed by atoms with Gasteiger partial charge in [-0.25, -0.2) is 9.97 Å². The summed E-state index contributed by atoms with van der Waals surface area (Å²) in [6.45, 7) is 4.68. The van der Waals surface area contributed by atoms with Gasteiger partial charge < -0.3 is 14.7 Å². The minimum atomic E-state index is -0.634. The molecule has 2 saturated heterocycles. The predicted molar refractivity (Wildman–Crippen MR) is 134 cm³/mol. The maximum absolute atomic E-state index is 12.4. The second-order valence-corrected chi connectivity index (χ2v) is 10.6. The quantitative estimate of drug-likeness (QED) is 0.613. The fourth-order valence-corrected chi connectivity index (χ4v) is 6.54. The molecule has 5 rings (SSSR count). The van der Waals surface area contributed by atoms with Crippen LogP contribution >= 0.6 is 0 Å². The highest BCUT2D eigenvalue weighted by molar-refractivity contribution is 5.74. The summed E-state index contributed by atoms with van der Waals surface area (Å²) in [7, 11) is 0. The molecule has 0 radical (unpaired) electrons. The van der Waals surface area contributed by atoms with Crippen molar-refractivity contribution in [3.63, 3.8) is 0 Å². The zero-order valence-corrected chi connectivity index (χ0v) is 20.5. The lowest BCUT2D eigenvalue weighted by atomic mass is 9.83. The maximum atomic E-state index is 12.4. The lowest BCUT2D eigenvalue weighted by Gasteiger charge is -2.35. The van der Waals surface area contributed by atoms with Gasteiger partial charge >= 0.3 is 12.0 Å². The molecule has 1 N–H and O–H groups in total. The number of hydrogen-bond acceptors (Lipinski definition) is 6. The van der Waals surface area contributed by atoms with Crippen LogP contribution in [-0.2, 0) is 4.79 Å². The summed E-state index contributed by atoms with van der Waals surface area (Å²) < 4.78 is 5.98. The number of rotatable bonds is 8. The van der Waals surface area contributed by atoms with E-state index in [1.165, 1.54) is 24.8 Å². The van der Waals surface area contributed by atoms with Gasteiger partial charge in [-0.05, 0) is 49.1 Å². The monoisotopic (exact) mass is 478 g/mol.